The highest BCUT2D eigenvalue weighted by molar-refractivity contribution is 5.55. The molecule has 0 spiro atoms. The van der Waals surface area contributed by atoms with Crippen molar-refractivity contribution >= 4 is 11.4 Å². The van der Waals surface area contributed by atoms with Crippen molar-refractivity contribution in [3.05, 3.63) is 33.9 Å². The largest absolute Gasteiger partial charge is 0.324 e. The predicted octanol–water partition coefficient (Wildman–Crippen LogP) is 2.50. The van der Waals surface area contributed by atoms with Gasteiger partial charge in [-0.1, -0.05) is 6.92 Å². The van der Waals surface area contributed by atoms with Gasteiger partial charge in [-0.05, 0) is 43.4 Å². The molecule has 3 N–H and O–H groups in total. The van der Waals surface area contributed by atoms with Crippen LogP contribution in [0, 0.1) is 16.0 Å². The summed E-state index contributed by atoms with van der Waals surface area (Å²) >= 11 is 0. The van der Waals surface area contributed by atoms with Crippen molar-refractivity contribution in [2.24, 2.45) is 11.8 Å². The van der Waals surface area contributed by atoms with Gasteiger partial charge < -0.3 is 5.43 Å². The summed E-state index contributed by atoms with van der Waals surface area (Å²) < 4.78 is 0. The first-order chi connectivity index (χ1) is 9.63. The highest BCUT2D eigenvalue weighted by Crippen LogP contribution is 2.31. The zero-order chi connectivity index (χ0) is 14.5. The van der Waals surface area contributed by atoms with Crippen LogP contribution in [0.2, 0.25) is 0 Å². The number of nitro groups is 1. The minimum atomic E-state index is -0.366. The summed E-state index contributed by atoms with van der Waals surface area (Å²) in [6.45, 7) is 4.92. The molecule has 0 bridgehead atoms. The number of hydrogen-bond donors (Lipinski definition) is 2. The van der Waals surface area contributed by atoms with Crippen molar-refractivity contribution in [1.82, 2.24) is 4.90 Å². The third kappa shape index (κ3) is 3.91. The first-order valence-corrected chi connectivity index (χ1v) is 7.10. The molecule has 1 fully saturated rings. The van der Waals surface area contributed by atoms with Crippen LogP contribution in [0.25, 0.3) is 0 Å². The van der Waals surface area contributed by atoms with Gasteiger partial charge in [0, 0.05) is 25.2 Å². The SMILES string of the molecule is CCCN(Cc1cc([N+](=O)[O-])ccc1NN)CC1CC1. The summed E-state index contributed by atoms with van der Waals surface area (Å²) in [5.41, 5.74) is 4.38. The fourth-order valence-electron chi connectivity index (χ4n) is 2.42. The number of nitrogen functional groups attached to an aromatic ring is 1. The van der Waals surface area contributed by atoms with E-state index in [0.717, 1.165) is 36.7 Å². The summed E-state index contributed by atoms with van der Waals surface area (Å²) in [4.78, 5) is 12.9. The van der Waals surface area contributed by atoms with E-state index in [1.807, 2.05) is 0 Å². The van der Waals surface area contributed by atoms with Gasteiger partial charge in [-0.25, -0.2) is 0 Å². The fourth-order valence-corrected chi connectivity index (χ4v) is 2.42. The third-order valence-corrected chi connectivity index (χ3v) is 3.60. The number of hydrazine groups is 1. The number of rotatable bonds is 8. The molecule has 0 amide bonds. The molecule has 0 aliphatic heterocycles. The molecule has 0 radical (unpaired) electrons. The molecule has 0 unspecified atom stereocenters. The average Bonchev–Trinajstić information content (AvgIpc) is 3.22. The van der Waals surface area contributed by atoms with Gasteiger partial charge in [-0.3, -0.25) is 20.9 Å². The Labute approximate surface area is 119 Å². The van der Waals surface area contributed by atoms with Gasteiger partial charge in [0.15, 0.2) is 0 Å². The molecule has 2 rings (SSSR count). The fraction of sp³-hybridized carbons (Fsp3) is 0.571. The van der Waals surface area contributed by atoms with Crippen molar-refractivity contribution in [3.63, 3.8) is 0 Å². The summed E-state index contributed by atoms with van der Waals surface area (Å²) in [5.74, 6) is 6.30. The number of nitrogens with one attached hydrogen (secondary N) is 1. The molecule has 0 atom stereocenters. The molecule has 0 saturated heterocycles. The minimum absolute atomic E-state index is 0.113. The third-order valence-electron chi connectivity index (χ3n) is 3.60. The van der Waals surface area contributed by atoms with E-state index in [2.05, 4.69) is 17.2 Å². The minimum Gasteiger partial charge on any atom is -0.324 e. The maximum atomic E-state index is 10.9. The maximum Gasteiger partial charge on any atom is 0.269 e. The van der Waals surface area contributed by atoms with Crippen LogP contribution >= 0.6 is 0 Å². The summed E-state index contributed by atoms with van der Waals surface area (Å²) in [6, 6.07) is 4.77. The standard InChI is InChI=1S/C14H22N4O2/c1-2-7-17(9-11-3-4-11)10-12-8-13(18(19)20)5-6-14(12)16-15/h5-6,8,11,16H,2-4,7,9-10,15H2,1H3. The van der Waals surface area contributed by atoms with Crippen molar-refractivity contribution in [2.75, 3.05) is 18.5 Å². The monoisotopic (exact) mass is 278 g/mol. The lowest BCUT2D eigenvalue weighted by Gasteiger charge is -2.22. The van der Waals surface area contributed by atoms with Crippen LogP contribution in [0.4, 0.5) is 11.4 Å². The second kappa shape index (κ2) is 6.67. The Kier molecular flexibility index (Phi) is 4.92. The number of non-ortho nitro benzene ring substituents is 1. The van der Waals surface area contributed by atoms with Crippen LogP contribution in [0.3, 0.4) is 0 Å². The van der Waals surface area contributed by atoms with E-state index in [4.69, 9.17) is 5.84 Å². The molecule has 6 heteroatoms. The van der Waals surface area contributed by atoms with Crippen molar-refractivity contribution < 1.29 is 4.92 Å². The topological polar surface area (TPSA) is 84.4 Å². The van der Waals surface area contributed by atoms with Crippen molar-refractivity contribution in [1.29, 1.82) is 0 Å². The smallest absolute Gasteiger partial charge is 0.269 e. The van der Waals surface area contributed by atoms with Gasteiger partial charge in [0.25, 0.3) is 5.69 Å². The number of nitrogens with zero attached hydrogens (tertiary/aromatic N) is 2. The van der Waals surface area contributed by atoms with E-state index in [9.17, 15) is 10.1 Å². The zero-order valence-corrected chi connectivity index (χ0v) is 11.8. The van der Waals surface area contributed by atoms with E-state index in [1.54, 1.807) is 12.1 Å². The Morgan fingerprint density at radius 3 is 2.80 bits per heavy atom. The predicted molar refractivity (Wildman–Crippen MR) is 79.2 cm³/mol. The second-order valence-electron chi connectivity index (χ2n) is 5.42. The number of nitro benzene ring substituents is 1. The van der Waals surface area contributed by atoms with Crippen molar-refractivity contribution in [3.8, 4) is 0 Å². The summed E-state index contributed by atoms with van der Waals surface area (Å²) in [6.07, 6.45) is 3.68. The van der Waals surface area contributed by atoms with Crippen LogP contribution in [-0.2, 0) is 6.54 Å². The van der Waals surface area contributed by atoms with E-state index in [0.29, 0.717) is 6.54 Å². The molecular formula is C14H22N4O2. The van der Waals surface area contributed by atoms with Crippen molar-refractivity contribution in [2.45, 2.75) is 32.7 Å². The highest BCUT2D eigenvalue weighted by Gasteiger charge is 2.24. The zero-order valence-electron chi connectivity index (χ0n) is 11.8. The summed E-state index contributed by atoms with van der Waals surface area (Å²) in [7, 11) is 0. The van der Waals surface area contributed by atoms with E-state index >= 15 is 0 Å². The number of nitrogens with two attached hydrogens (primary N) is 1. The number of anilines is 1. The second-order valence-corrected chi connectivity index (χ2v) is 5.42. The van der Waals surface area contributed by atoms with Crippen LogP contribution in [-0.4, -0.2) is 22.9 Å². The Bertz CT molecular complexity index is 474. The van der Waals surface area contributed by atoms with E-state index < -0.39 is 0 Å². The van der Waals surface area contributed by atoms with Gasteiger partial charge in [0.2, 0.25) is 0 Å². The Hall–Kier alpha value is -1.66. The molecule has 20 heavy (non-hydrogen) atoms. The molecule has 1 saturated carbocycles. The lowest BCUT2D eigenvalue weighted by atomic mass is 10.1. The highest BCUT2D eigenvalue weighted by atomic mass is 16.6. The first-order valence-electron chi connectivity index (χ1n) is 7.10. The molecule has 6 nitrogen and oxygen atoms in total. The molecule has 0 heterocycles. The van der Waals surface area contributed by atoms with Gasteiger partial charge in [0.1, 0.15) is 0 Å². The van der Waals surface area contributed by atoms with E-state index in [1.165, 1.54) is 18.9 Å². The Balaban J connectivity index is 2.14. The normalized spacial score (nSPS) is 14.6. The molecule has 1 aliphatic carbocycles. The van der Waals surface area contributed by atoms with Gasteiger partial charge in [0.05, 0.1) is 10.6 Å². The quantitative estimate of drug-likeness (QED) is 0.433. The molecule has 110 valence electrons. The molecule has 1 aromatic rings. The van der Waals surface area contributed by atoms with Crippen LogP contribution < -0.4 is 11.3 Å². The summed E-state index contributed by atoms with van der Waals surface area (Å²) in [5, 5.41) is 10.9. The molecular weight excluding hydrogens is 256 g/mol. The molecule has 0 aromatic heterocycles. The van der Waals surface area contributed by atoms with Gasteiger partial charge in [-0.15, -0.1) is 0 Å². The van der Waals surface area contributed by atoms with Crippen LogP contribution in [0.5, 0.6) is 0 Å². The molecule has 1 aliphatic rings. The average molecular weight is 278 g/mol. The van der Waals surface area contributed by atoms with Crippen LogP contribution in [0.1, 0.15) is 31.7 Å². The number of hydrogen-bond acceptors (Lipinski definition) is 5. The van der Waals surface area contributed by atoms with Gasteiger partial charge >= 0.3 is 0 Å². The molecule has 1 aromatic carbocycles. The Morgan fingerprint density at radius 1 is 1.50 bits per heavy atom. The van der Waals surface area contributed by atoms with Gasteiger partial charge in [-0.2, -0.15) is 0 Å². The lowest BCUT2D eigenvalue weighted by molar-refractivity contribution is -0.384. The first kappa shape index (κ1) is 14.7. The Morgan fingerprint density at radius 2 is 2.25 bits per heavy atom. The maximum absolute atomic E-state index is 10.9. The lowest BCUT2D eigenvalue weighted by Crippen LogP contribution is -2.27. The van der Waals surface area contributed by atoms with Crippen LogP contribution in [0.15, 0.2) is 18.2 Å². The number of benzene rings is 1. The van der Waals surface area contributed by atoms with E-state index in [-0.39, 0.29) is 10.6 Å².